The summed E-state index contributed by atoms with van der Waals surface area (Å²) >= 11 is 0. The van der Waals surface area contributed by atoms with E-state index in [1.54, 1.807) is 26.2 Å². The van der Waals surface area contributed by atoms with Gasteiger partial charge in [-0.25, -0.2) is 0 Å². The lowest BCUT2D eigenvalue weighted by Gasteiger charge is -2.22. The van der Waals surface area contributed by atoms with Crippen molar-refractivity contribution in [2.75, 3.05) is 20.3 Å². The van der Waals surface area contributed by atoms with E-state index in [4.69, 9.17) is 24.5 Å². The van der Waals surface area contributed by atoms with Gasteiger partial charge in [0.2, 0.25) is 0 Å². The van der Waals surface area contributed by atoms with Gasteiger partial charge in [-0.05, 0) is 42.8 Å². The highest BCUT2D eigenvalue weighted by molar-refractivity contribution is 6.32. The first-order valence-corrected chi connectivity index (χ1v) is 10.1. The number of aliphatic imine (C=N–C) groups is 1. The fraction of sp³-hybridized carbons (Fsp3) is 0.208. The Morgan fingerprint density at radius 1 is 1.06 bits per heavy atom. The molecule has 1 N–H and O–H groups in total. The van der Waals surface area contributed by atoms with E-state index in [1.165, 1.54) is 5.06 Å². The molecule has 2 aromatic rings. The van der Waals surface area contributed by atoms with Crippen molar-refractivity contribution in [1.82, 2.24) is 5.06 Å². The number of nitrogens with one attached hydrogen (secondary N) is 1. The van der Waals surface area contributed by atoms with Crippen LogP contribution in [0.2, 0.25) is 0 Å². The topological polar surface area (TPSA) is 93.4 Å². The summed E-state index contributed by atoms with van der Waals surface area (Å²) in [4.78, 5) is 21.7. The molecule has 2 aromatic carbocycles. The molecule has 2 aliphatic heterocycles. The van der Waals surface area contributed by atoms with Crippen LogP contribution in [0, 0.1) is 5.41 Å². The number of ether oxygens (including phenoxy) is 3. The zero-order valence-corrected chi connectivity index (χ0v) is 17.8. The summed E-state index contributed by atoms with van der Waals surface area (Å²) in [6.45, 7) is 2.74. The Morgan fingerprint density at radius 3 is 2.53 bits per heavy atom. The van der Waals surface area contributed by atoms with Gasteiger partial charge in [-0.3, -0.25) is 10.2 Å². The minimum atomic E-state index is -0.467. The average Bonchev–Trinajstić information content (AvgIpc) is 3.18. The van der Waals surface area contributed by atoms with Crippen molar-refractivity contribution < 1.29 is 23.8 Å². The lowest BCUT2D eigenvalue weighted by molar-refractivity contribution is -0.114. The molecule has 2 heterocycles. The zero-order chi connectivity index (χ0) is 22.5. The van der Waals surface area contributed by atoms with Gasteiger partial charge in [-0.15, -0.1) is 5.06 Å². The third-order valence-electron chi connectivity index (χ3n) is 4.76. The van der Waals surface area contributed by atoms with Gasteiger partial charge < -0.3 is 19.0 Å². The zero-order valence-electron chi connectivity index (χ0n) is 17.8. The minimum absolute atomic E-state index is 0.0385. The molecule has 0 aliphatic carbocycles. The Bertz CT molecular complexity index is 1120. The molecule has 0 spiro atoms. The van der Waals surface area contributed by atoms with Crippen LogP contribution in [0.4, 0.5) is 0 Å². The van der Waals surface area contributed by atoms with Gasteiger partial charge in [0.15, 0.2) is 23.2 Å². The molecule has 0 saturated heterocycles. The number of carbonyl (C=O) groups excluding carboxylic acids is 1. The molecule has 32 heavy (non-hydrogen) atoms. The number of amides is 1. The molecule has 8 heteroatoms. The summed E-state index contributed by atoms with van der Waals surface area (Å²) in [7, 11) is 1.61. The monoisotopic (exact) mass is 433 g/mol. The van der Waals surface area contributed by atoms with Crippen LogP contribution in [0.3, 0.4) is 0 Å². The highest BCUT2D eigenvalue weighted by Crippen LogP contribution is 2.26. The van der Waals surface area contributed by atoms with Gasteiger partial charge >= 0.3 is 0 Å². The fourth-order valence-corrected chi connectivity index (χ4v) is 3.20. The Labute approximate surface area is 185 Å². The van der Waals surface area contributed by atoms with E-state index in [-0.39, 0.29) is 11.4 Å². The maximum Gasteiger partial charge on any atom is 0.282 e. The van der Waals surface area contributed by atoms with E-state index in [2.05, 4.69) is 4.99 Å². The summed E-state index contributed by atoms with van der Waals surface area (Å²) in [6, 6.07) is 14.8. The van der Waals surface area contributed by atoms with Crippen LogP contribution in [0.25, 0.3) is 6.08 Å². The molecule has 2 aliphatic rings. The largest absolute Gasteiger partial charge is 0.493 e. The second kappa shape index (κ2) is 9.38. The highest BCUT2D eigenvalue weighted by atomic mass is 16.7. The first kappa shape index (κ1) is 21.2. The SMILES string of the molecule is COc1ccccc1OCCCOc1ccc(/C=C2\C(=N)N3OC(C)=CC3=NC2=O)cc1. The van der Waals surface area contributed by atoms with Gasteiger partial charge in [0, 0.05) is 12.5 Å². The predicted molar refractivity (Wildman–Crippen MR) is 120 cm³/mol. The van der Waals surface area contributed by atoms with Crippen molar-refractivity contribution in [1.29, 1.82) is 5.41 Å². The number of amidine groups is 2. The van der Waals surface area contributed by atoms with Crippen LogP contribution in [0.15, 0.2) is 70.9 Å². The molecule has 0 unspecified atom stereocenters. The van der Waals surface area contributed by atoms with Crippen molar-refractivity contribution in [2.45, 2.75) is 13.3 Å². The minimum Gasteiger partial charge on any atom is -0.493 e. The summed E-state index contributed by atoms with van der Waals surface area (Å²) in [5.41, 5.74) is 0.923. The van der Waals surface area contributed by atoms with Crippen molar-refractivity contribution in [3.8, 4) is 17.2 Å². The molecule has 0 aromatic heterocycles. The van der Waals surface area contributed by atoms with Gasteiger partial charge in [-0.1, -0.05) is 24.3 Å². The van der Waals surface area contributed by atoms with Crippen LogP contribution in [0.5, 0.6) is 17.2 Å². The normalized spacial score (nSPS) is 16.3. The Kier molecular flexibility index (Phi) is 6.21. The first-order valence-electron chi connectivity index (χ1n) is 10.1. The maximum absolute atomic E-state index is 12.3. The third-order valence-corrected chi connectivity index (χ3v) is 4.76. The highest BCUT2D eigenvalue weighted by Gasteiger charge is 2.34. The lowest BCUT2D eigenvalue weighted by Crippen LogP contribution is -2.38. The summed E-state index contributed by atoms with van der Waals surface area (Å²) in [6.07, 6.45) is 3.95. The quantitative estimate of drug-likeness (QED) is 0.500. The number of hydrogen-bond donors (Lipinski definition) is 1. The van der Waals surface area contributed by atoms with Gasteiger partial charge in [0.05, 0.1) is 25.9 Å². The van der Waals surface area contributed by atoms with Crippen molar-refractivity contribution in [3.63, 3.8) is 0 Å². The van der Waals surface area contributed by atoms with Gasteiger partial charge in [-0.2, -0.15) is 4.99 Å². The van der Waals surface area contributed by atoms with Crippen LogP contribution < -0.4 is 14.2 Å². The van der Waals surface area contributed by atoms with E-state index >= 15 is 0 Å². The van der Waals surface area contributed by atoms with E-state index in [1.807, 2.05) is 48.5 Å². The van der Waals surface area contributed by atoms with Gasteiger partial charge in [0.25, 0.3) is 5.91 Å². The number of para-hydroxylation sites is 2. The van der Waals surface area contributed by atoms with E-state index < -0.39 is 5.91 Å². The number of nitrogens with zero attached hydrogens (tertiary/aromatic N) is 2. The standard InChI is InChI=1S/C24H23N3O5/c1-16-14-22-26-24(28)19(23(25)27(22)32-16)15-17-8-10-18(11-9-17)30-12-5-13-31-21-7-4-3-6-20(21)29-2/h3-4,6-11,14-15,25H,5,12-13H2,1-2H3/b19-15+,25-23?. The smallest absolute Gasteiger partial charge is 0.282 e. The molecule has 0 radical (unpaired) electrons. The van der Waals surface area contributed by atoms with Gasteiger partial charge in [0.1, 0.15) is 11.5 Å². The Hall–Kier alpha value is -4.07. The molecular weight excluding hydrogens is 410 g/mol. The van der Waals surface area contributed by atoms with Crippen molar-refractivity contribution in [2.24, 2.45) is 4.99 Å². The second-order valence-corrected chi connectivity index (χ2v) is 7.09. The number of benzene rings is 2. The van der Waals surface area contributed by atoms with Crippen LogP contribution in [-0.4, -0.2) is 43.0 Å². The van der Waals surface area contributed by atoms with E-state index in [0.717, 1.165) is 5.56 Å². The molecule has 0 bridgehead atoms. The van der Waals surface area contributed by atoms with Crippen molar-refractivity contribution >= 4 is 23.7 Å². The summed E-state index contributed by atoms with van der Waals surface area (Å²) in [5, 5.41) is 9.50. The molecular formula is C24H23N3O5. The van der Waals surface area contributed by atoms with E-state index in [0.29, 0.717) is 48.5 Å². The Balaban J connectivity index is 1.29. The summed E-state index contributed by atoms with van der Waals surface area (Å²) in [5.74, 6) is 2.52. The van der Waals surface area contributed by atoms with Crippen LogP contribution >= 0.6 is 0 Å². The maximum atomic E-state index is 12.3. The Morgan fingerprint density at radius 2 is 1.78 bits per heavy atom. The number of allylic oxidation sites excluding steroid dienone is 1. The molecule has 0 atom stereocenters. The number of carbonyl (C=O) groups is 1. The molecule has 4 rings (SSSR count). The van der Waals surface area contributed by atoms with Crippen molar-refractivity contribution in [3.05, 3.63) is 71.5 Å². The van der Waals surface area contributed by atoms with Crippen LogP contribution in [-0.2, 0) is 9.63 Å². The average molecular weight is 433 g/mol. The molecule has 164 valence electrons. The fourth-order valence-electron chi connectivity index (χ4n) is 3.20. The van der Waals surface area contributed by atoms with E-state index in [9.17, 15) is 4.79 Å². The number of fused-ring (bicyclic) bond motifs is 1. The molecule has 0 fully saturated rings. The number of hydrogen-bond acceptors (Lipinski definition) is 6. The lowest BCUT2D eigenvalue weighted by atomic mass is 10.1. The number of rotatable bonds is 8. The number of hydroxylamine groups is 2. The third kappa shape index (κ3) is 4.64. The number of methoxy groups -OCH3 is 1. The molecule has 1 amide bonds. The predicted octanol–water partition coefficient (Wildman–Crippen LogP) is 3.99. The summed E-state index contributed by atoms with van der Waals surface area (Å²) < 4.78 is 16.8. The molecule has 8 nitrogen and oxygen atoms in total. The van der Waals surface area contributed by atoms with Crippen LogP contribution in [0.1, 0.15) is 18.9 Å². The molecule has 0 saturated carbocycles. The first-order chi connectivity index (χ1) is 15.5. The second-order valence-electron chi connectivity index (χ2n) is 7.09.